The number of ether oxygens (including phenoxy) is 2. The van der Waals surface area contributed by atoms with Gasteiger partial charge in [-0.05, 0) is 0 Å². The molecule has 0 radical (unpaired) electrons. The lowest BCUT2D eigenvalue weighted by Gasteiger charge is -2.23. The molecule has 0 aromatic heterocycles. The molecule has 5 heteroatoms. The average molecular weight is 278 g/mol. The van der Waals surface area contributed by atoms with E-state index in [9.17, 15) is 4.21 Å². The lowest BCUT2D eigenvalue weighted by Crippen LogP contribution is -2.14. The zero-order valence-electron chi connectivity index (χ0n) is 10.8. The maximum atomic E-state index is 11.6. The fraction of sp³-hybridized carbons (Fsp3) is 0.286. The molecule has 0 aliphatic carbocycles. The quantitative estimate of drug-likeness (QED) is 0.847. The molecule has 3 rings (SSSR count). The first kappa shape index (κ1) is 12.4. The van der Waals surface area contributed by atoms with E-state index in [4.69, 9.17) is 13.7 Å². The molecule has 1 heterocycles. The standard InChI is InChI=1S/C14H14O4S/c1-16-13-9-5-3-4-6-10(9)14(17-2)12-8-19(15)18-7-11(12)13/h3-6H,7-8H2,1-2H3. The highest BCUT2D eigenvalue weighted by Crippen LogP contribution is 2.43. The van der Waals surface area contributed by atoms with Gasteiger partial charge >= 0.3 is 0 Å². The predicted molar refractivity (Wildman–Crippen MR) is 73.7 cm³/mol. The van der Waals surface area contributed by atoms with E-state index in [2.05, 4.69) is 0 Å². The number of hydrogen-bond donors (Lipinski definition) is 0. The van der Waals surface area contributed by atoms with Gasteiger partial charge in [0.15, 0.2) is 11.1 Å². The van der Waals surface area contributed by atoms with Crippen LogP contribution in [0.4, 0.5) is 0 Å². The largest absolute Gasteiger partial charge is 0.496 e. The Balaban J connectivity index is 2.42. The first-order valence-corrected chi connectivity index (χ1v) is 7.16. The van der Waals surface area contributed by atoms with E-state index in [1.165, 1.54) is 0 Å². The molecule has 1 aliphatic heterocycles. The van der Waals surface area contributed by atoms with Gasteiger partial charge in [-0.1, -0.05) is 24.3 Å². The van der Waals surface area contributed by atoms with Crippen LogP contribution in [0.5, 0.6) is 11.5 Å². The van der Waals surface area contributed by atoms with Crippen molar-refractivity contribution in [3.8, 4) is 11.5 Å². The van der Waals surface area contributed by atoms with E-state index in [1.54, 1.807) is 14.2 Å². The average Bonchev–Trinajstić information content (AvgIpc) is 2.44. The third-order valence-corrected chi connectivity index (χ3v) is 4.24. The number of methoxy groups -OCH3 is 2. The molecular formula is C14H14O4S. The smallest absolute Gasteiger partial charge is 0.160 e. The molecule has 1 unspecified atom stereocenters. The maximum Gasteiger partial charge on any atom is 0.160 e. The van der Waals surface area contributed by atoms with Crippen molar-refractivity contribution >= 4 is 21.9 Å². The molecule has 2 aromatic carbocycles. The summed E-state index contributed by atoms with van der Waals surface area (Å²) in [5.74, 6) is 1.88. The fourth-order valence-electron chi connectivity index (χ4n) is 2.53. The van der Waals surface area contributed by atoms with Crippen molar-refractivity contribution in [1.82, 2.24) is 0 Å². The topological polar surface area (TPSA) is 44.8 Å². The second kappa shape index (κ2) is 4.83. The van der Waals surface area contributed by atoms with Crippen molar-refractivity contribution in [1.29, 1.82) is 0 Å². The predicted octanol–water partition coefficient (Wildman–Crippen LogP) is 2.55. The monoisotopic (exact) mass is 278 g/mol. The molecule has 1 aliphatic rings. The summed E-state index contributed by atoms with van der Waals surface area (Å²) in [4.78, 5) is 0. The Labute approximate surface area is 113 Å². The number of hydrogen-bond acceptors (Lipinski definition) is 4. The SMILES string of the molecule is COc1c2c(c(OC)c3ccccc13)CS(=O)OC2. The van der Waals surface area contributed by atoms with Gasteiger partial charge in [-0.25, -0.2) is 4.21 Å². The highest BCUT2D eigenvalue weighted by atomic mass is 32.2. The van der Waals surface area contributed by atoms with Crippen molar-refractivity contribution in [3.63, 3.8) is 0 Å². The Morgan fingerprint density at radius 2 is 1.63 bits per heavy atom. The summed E-state index contributed by atoms with van der Waals surface area (Å²) in [7, 11) is 3.27. The molecule has 19 heavy (non-hydrogen) atoms. The summed E-state index contributed by atoms with van der Waals surface area (Å²) in [6.45, 7) is 0.284. The summed E-state index contributed by atoms with van der Waals surface area (Å²) in [5.41, 5.74) is 1.85. The molecule has 0 spiro atoms. The van der Waals surface area contributed by atoms with Crippen LogP contribution in [0.3, 0.4) is 0 Å². The zero-order valence-corrected chi connectivity index (χ0v) is 11.6. The first-order valence-electron chi connectivity index (χ1n) is 5.92. The molecule has 0 saturated heterocycles. The Hall–Kier alpha value is -1.59. The summed E-state index contributed by atoms with van der Waals surface area (Å²) in [6, 6.07) is 7.88. The van der Waals surface area contributed by atoms with Crippen LogP contribution >= 0.6 is 0 Å². The van der Waals surface area contributed by atoms with Crippen molar-refractivity contribution in [2.75, 3.05) is 14.2 Å². The van der Waals surface area contributed by atoms with Gasteiger partial charge in [0.1, 0.15) is 11.5 Å². The Kier molecular flexibility index (Phi) is 3.16. The van der Waals surface area contributed by atoms with Gasteiger partial charge in [0.05, 0.1) is 26.6 Å². The molecule has 0 saturated carbocycles. The van der Waals surface area contributed by atoms with Gasteiger partial charge in [0.2, 0.25) is 0 Å². The van der Waals surface area contributed by atoms with Crippen molar-refractivity contribution in [3.05, 3.63) is 35.4 Å². The minimum absolute atomic E-state index is 0.284. The minimum atomic E-state index is -1.30. The van der Waals surface area contributed by atoms with Crippen LogP contribution in [-0.4, -0.2) is 18.4 Å². The van der Waals surface area contributed by atoms with Gasteiger partial charge in [0, 0.05) is 21.9 Å². The Morgan fingerprint density at radius 1 is 1.05 bits per heavy atom. The third kappa shape index (κ3) is 1.89. The van der Waals surface area contributed by atoms with Crippen molar-refractivity contribution in [2.45, 2.75) is 12.4 Å². The van der Waals surface area contributed by atoms with Crippen LogP contribution < -0.4 is 9.47 Å². The number of fused-ring (bicyclic) bond motifs is 2. The first-order chi connectivity index (χ1) is 9.26. The highest BCUT2D eigenvalue weighted by molar-refractivity contribution is 7.79. The maximum absolute atomic E-state index is 11.6. The lowest BCUT2D eigenvalue weighted by molar-refractivity contribution is 0.312. The number of rotatable bonds is 2. The van der Waals surface area contributed by atoms with E-state index < -0.39 is 11.1 Å². The Bertz CT molecular complexity index is 666. The van der Waals surface area contributed by atoms with Gasteiger partial charge < -0.3 is 9.47 Å². The van der Waals surface area contributed by atoms with E-state index >= 15 is 0 Å². The summed E-state index contributed by atoms with van der Waals surface area (Å²) in [5, 5.41) is 1.95. The van der Waals surface area contributed by atoms with Crippen LogP contribution in [0.1, 0.15) is 11.1 Å². The Morgan fingerprint density at radius 3 is 2.21 bits per heavy atom. The molecule has 1 atom stereocenters. The summed E-state index contributed by atoms with van der Waals surface area (Å²) in [6.07, 6.45) is 0. The van der Waals surface area contributed by atoms with E-state index in [0.29, 0.717) is 5.75 Å². The lowest BCUT2D eigenvalue weighted by atomic mass is 9.98. The third-order valence-electron chi connectivity index (χ3n) is 3.33. The van der Waals surface area contributed by atoms with Gasteiger partial charge in [-0.3, -0.25) is 4.18 Å². The van der Waals surface area contributed by atoms with Crippen LogP contribution in [-0.2, 0) is 27.6 Å². The molecule has 0 fully saturated rings. The highest BCUT2D eigenvalue weighted by Gasteiger charge is 2.26. The summed E-state index contributed by atoms with van der Waals surface area (Å²) < 4.78 is 27.9. The van der Waals surface area contributed by atoms with Crippen molar-refractivity contribution < 1.29 is 17.9 Å². The second-order valence-corrected chi connectivity index (χ2v) is 5.41. The minimum Gasteiger partial charge on any atom is -0.496 e. The van der Waals surface area contributed by atoms with Crippen LogP contribution in [0, 0.1) is 0 Å². The molecule has 4 nitrogen and oxygen atoms in total. The zero-order chi connectivity index (χ0) is 13.4. The van der Waals surface area contributed by atoms with Crippen LogP contribution in [0.25, 0.3) is 10.8 Å². The van der Waals surface area contributed by atoms with Gasteiger partial charge in [-0.15, -0.1) is 0 Å². The molecule has 0 N–H and O–H groups in total. The molecule has 100 valence electrons. The van der Waals surface area contributed by atoms with E-state index in [0.717, 1.165) is 33.4 Å². The second-order valence-electron chi connectivity index (χ2n) is 4.28. The molecular weight excluding hydrogens is 264 g/mol. The van der Waals surface area contributed by atoms with Crippen molar-refractivity contribution in [2.24, 2.45) is 0 Å². The van der Waals surface area contributed by atoms with Crippen LogP contribution in [0.15, 0.2) is 24.3 Å². The summed E-state index contributed by atoms with van der Waals surface area (Å²) >= 11 is -1.30. The molecule has 0 amide bonds. The van der Waals surface area contributed by atoms with Gasteiger partial charge in [-0.2, -0.15) is 0 Å². The fourth-order valence-corrected chi connectivity index (χ4v) is 3.41. The molecule has 0 bridgehead atoms. The van der Waals surface area contributed by atoms with Gasteiger partial charge in [0.25, 0.3) is 0 Å². The molecule has 2 aromatic rings. The van der Waals surface area contributed by atoms with Crippen LogP contribution in [0.2, 0.25) is 0 Å². The number of benzene rings is 2. The van der Waals surface area contributed by atoms with E-state index in [-0.39, 0.29) is 6.61 Å². The normalized spacial score (nSPS) is 18.1. The van der Waals surface area contributed by atoms with E-state index in [1.807, 2.05) is 24.3 Å².